The van der Waals surface area contributed by atoms with Gasteiger partial charge < -0.3 is 16.2 Å². The maximum atomic E-state index is 11.2. The van der Waals surface area contributed by atoms with Crippen molar-refractivity contribution in [1.29, 1.82) is 0 Å². The SMILES string of the molecule is CC[C@H](N)[C@H](O)C(=O)NC1CC1.Cl.Cl. The second-order valence-corrected chi connectivity index (χ2v) is 3.30. The normalized spacial score (nSPS) is 18.5. The number of hydrogen-bond acceptors (Lipinski definition) is 3. The summed E-state index contributed by atoms with van der Waals surface area (Å²) in [5.74, 6) is -0.327. The predicted molar refractivity (Wildman–Crippen MR) is 59.9 cm³/mol. The molecule has 4 N–H and O–H groups in total. The minimum atomic E-state index is -1.05. The van der Waals surface area contributed by atoms with E-state index in [-0.39, 0.29) is 36.8 Å². The zero-order valence-corrected chi connectivity index (χ0v) is 9.74. The molecule has 1 rings (SSSR count). The van der Waals surface area contributed by atoms with Crippen LogP contribution in [0, 0.1) is 0 Å². The number of carbonyl (C=O) groups is 1. The lowest BCUT2D eigenvalue weighted by Crippen LogP contribution is -2.46. The van der Waals surface area contributed by atoms with E-state index in [2.05, 4.69) is 5.32 Å². The lowest BCUT2D eigenvalue weighted by Gasteiger charge is -2.16. The van der Waals surface area contributed by atoms with Crippen molar-refractivity contribution in [3.8, 4) is 0 Å². The van der Waals surface area contributed by atoms with E-state index in [0.29, 0.717) is 6.42 Å². The second-order valence-electron chi connectivity index (χ2n) is 3.30. The minimum Gasteiger partial charge on any atom is -0.382 e. The Bertz CT molecular complexity index is 177. The minimum absolute atomic E-state index is 0. The number of aliphatic hydroxyl groups excluding tert-OH is 1. The molecule has 1 fully saturated rings. The first-order valence-corrected chi connectivity index (χ1v) is 4.39. The van der Waals surface area contributed by atoms with Crippen LogP contribution in [0.25, 0.3) is 0 Å². The van der Waals surface area contributed by atoms with Crippen LogP contribution in [0.2, 0.25) is 0 Å². The van der Waals surface area contributed by atoms with Crippen LogP contribution in [0.15, 0.2) is 0 Å². The van der Waals surface area contributed by atoms with E-state index >= 15 is 0 Å². The molecule has 86 valence electrons. The number of hydrogen-bond donors (Lipinski definition) is 3. The van der Waals surface area contributed by atoms with Crippen molar-refractivity contribution in [2.75, 3.05) is 0 Å². The maximum absolute atomic E-state index is 11.2. The standard InChI is InChI=1S/C8H16N2O2.2ClH/c1-2-6(9)7(11)8(12)10-5-3-4-5;;/h5-7,11H,2-4,9H2,1H3,(H,10,12);2*1H/t6-,7-;;/m0../s1. The third kappa shape index (κ3) is 5.00. The highest BCUT2D eigenvalue weighted by atomic mass is 35.5. The molecule has 0 aromatic heterocycles. The van der Waals surface area contributed by atoms with Gasteiger partial charge in [-0.05, 0) is 19.3 Å². The monoisotopic (exact) mass is 244 g/mol. The van der Waals surface area contributed by atoms with Crippen molar-refractivity contribution in [1.82, 2.24) is 5.32 Å². The highest BCUT2D eigenvalue weighted by molar-refractivity contribution is 5.85. The predicted octanol–water partition coefficient (Wildman–Crippen LogP) is 0.207. The molecule has 1 aliphatic carbocycles. The fraction of sp³-hybridized carbons (Fsp3) is 0.875. The fourth-order valence-electron chi connectivity index (χ4n) is 0.932. The van der Waals surface area contributed by atoms with Crippen LogP contribution < -0.4 is 11.1 Å². The smallest absolute Gasteiger partial charge is 0.250 e. The lowest BCUT2D eigenvalue weighted by atomic mass is 10.1. The summed E-state index contributed by atoms with van der Waals surface area (Å²) in [6, 6.07) is -0.153. The summed E-state index contributed by atoms with van der Waals surface area (Å²) in [5.41, 5.74) is 5.50. The molecule has 2 atom stereocenters. The van der Waals surface area contributed by atoms with E-state index in [1.54, 1.807) is 0 Å². The molecule has 0 saturated heterocycles. The Balaban J connectivity index is 0. The molecule has 6 heteroatoms. The maximum Gasteiger partial charge on any atom is 0.250 e. The molecule has 1 saturated carbocycles. The van der Waals surface area contributed by atoms with Crippen molar-refractivity contribution in [3.63, 3.8) is 0 Å². The van der Waals surface area contributed by atoms with Crippen molar-refractivity contribution in [3.05, 3.63) is 0 Å². The molecule has 4 nitrogen and oxygen atoms in total. The molecular weight excluding hydrogens is 227 g/mol. The van der Waals surface area contributed by atoms with Crippen LogP contribution in [-0.2, 0) is 4.79 Å². The van der Waals surface area contributed by atoms with Gasteiger partial charge in [0, 0.05) is 12.1 Å². The van der Waals surface area contributed by atoms with Crippen LogP contribution in [0.1, 0.15) is 26.2 Å². The molecule has 14 heavy (non-hydrogen) atoms. The number of rotatable bonds is 4. The largest absolute Gasteiger partial charge is 0.382 e. The van der Waals surface area contributed by atoms with Gasteiger partial charge in [-0.1, -0.05) is 6.92 Å². The number of halogens is 2. The number of nitrogens with one attached hydrogen (secondary N) is 1. The zero-order chi connectivity index (χ0) is 9.14. The van der Waals surface area contributed by atoms with Crippen LogP contribution in [0.3, 0.4) is 0 Å². The van der Waals surface area contributed by atoms with Crippen LogP contribution >= 0.6 is 24.8 Å². The molecule has 1 amide bonds. The van der Waals surface area contributed by atoms with E-state index in [4.69, 9.17) is 5.73 Å². The Morgan fingerprint density at radius 1 is 1.57 bits per heavy atom. The molecule has 0 radical (unpaired) electrons. The molecular formula is C8H18Cl2N2O2. The van der Waals surface area contributed by atoms with Crippen LogP contribution in [-0.4, -0.2) is 29.2 Å². The number of carbonyl (C=O) groups excluding carboxylic acids is 1. The van der Waals surface area contributed by atoms with Crippen molar-refractivity contribution in [2.24, 2.45) is 5.73 Å². The van der Waals surface area contributed by atoms with Gasteiger partial charge in [0.15, 0.2) is 0 Å². The average molecular weight is 245 g/mol. The molecule has 0 spiro atoms. The first-order valence-electron chi connectivity index (χ1n) is 4.39. The van der Waals surface area contributed by atoms with Gasteiger partial charge in [-0.3, -0.25) is 4.79 Å². The lowest BCUT2D eigenvalue weighted by molar-refractivity contribution is -0.130. The van der Waals surface area contributed by atoms with E-state index in [0.717, 1.165) is 12.8 Å². The summed E-state index contributed by atoms with van der Waals surface area (Å²) >= 11 is 0. The van der Waals surface area contributed by atoms with Gasteiger partial charge in [0.1, 0.15) is 6.10 Å². The van der Waals surface area contributed by atoms with Crippen molar-refractivity contribution in [2.45, 2.75) is 44.4 Å². The summed E-state index contributed by atoms with van der Waals surface area (Å²) in [5, 5.41) is 12.0. The van der Waals surface area contributed by atoms with E-state index < -0.39 is 12.1 Å². The Morgan fingerprint density at radius 2 is 2.07 bits per heavy atom. The highest BCUT2D eigenvalue weighted by Gasteiger charge is 2.28. The quantitative estimate of drug-likeness (QED) is 0.662. The van der Waals surface area contributed by atoms with Gasteiger partial charge >= 0.3 is 0 Å². The van der Waals surface area contributed by atoms with Gasteiger partial charge in [-0.25, -0.2) is 0 Å². The Kier molecular flexibility index (Phi) is 8.54. The molecule has 0 aliphatic heterocycles. The average Bonchev–Trinajstić information content (AvgIpc) is 2.85. The second kappa shape index (κ2) is 7.29. The molecule has 0 bridgehead atoms. The van der Waals surface area contributed by atoms with Crippen molar-refractivity contribution < 1.29 is 9.90 Å². The van der Waals surface area contributed by atoms with Gasteiger partial charge in [0.25, 0.3) is 5.91 Å². The highest BCUT2D eigenvalue weighted by Crippen LogP contribution is 2.18. The topological polar surface area (TPSA) is 75.3 Å². The van der Waals surface area contributed by atoms with Gasteiger partial charge in [-0.15, -0.1) is 24.8 Å². The summed E-state index contributed by atoms with van der Waals surface area (Å²) < 4.78 is 0. The summed E-state index contributed by atoms with van der Waals surface area (Å²) in [6.07, 6.45) is 1.62. The molecule has 0 heterocycles. The molecule has 1 aliphatic rings. The molecule has 0 unspecified atom stereocenters. The Morgan fingerprint density at radius 3 is 2.43 bits per heavy atom. The number of aliphatic hydroxyl groups is 1. The van der Waals surface area contributed by atoms with E-state index in [9.17, 15) is 9.90 Å². The summed E-state index contributed by atoms with van der Waals surface area (Å²) in [6.45, 7) is 1.85. The first kappa shape index (κ1) is 16.4. The molecule has 0 aromatic rings. The van der Waals surface area contributed by atoms with Crippen LogP contribution in [0.5, 0.6) is 0 Å². The Labute approximate surface area is 96.4 Å². The fourth-order valence-corrected chi connectivity index (χ4v) is 0.932. The number of nitrogens with two attached hydrogens (primary N) is 1. The van der Waals surface area contributed by atoms with Gasteiger partial charge in [0.2, 0.25) is 0 Å². The number of amides is 1. The van der Waals surface area contributed by atoms with Crippen LogP contribution in [0.4, 0.5) is 0 Å². The summed E-state index contributed by atoms with van der Waals surface area (Å²) in [7, 11) is 0. The van der Waals surface area contributed by atoms with E-state index in [1.807, 2.05) is 6.92 Å². The zero-order valence-electron chi connectivity index (χ0n) is 8.10. The van der Waals surface area contributed by atoms with Crippen molar-refractivity contribution >= 4 is 30.7 Å². The van der Waals surface area contributed by atoms with Gasteiger partial charge in [0.05, 0.1) is 0 Å². The molecule has 0 aromatic carbocycles. The van der Waals surface area contributed by atoms with E-state index in [1.165, 1.54) is 0 Å². The third-order valence-corrected chi connectivity index (χ3v) is 2.07. The summed E-state index contributed by atoms with van der Waals surface area (Å²) in [4.78, 5) is 11.2. The van der Waals surface area contributed by atoms with Gasteiger partial charge in [-0.2, -0.15) is 0 Å². The first-order chi connectivity index (χ1) is 5.65. The third-order valence-electron chi connectivity index (χ3n) is 2.07. The Hall–Kier alpha value is -0.0300.